The molecule has 1 rings (SSSR count). The monoisotopic (exact) mass is 279 g/mol. The minimum atomic E-state index is -0.510. The summed E-state index contributed by atoms with van der Waals surface area (Å²) in [6.07, 6.45) is 0.0878. The maximum atomic E-state index is 12.2. The largest absolute Gasteiger partial charge is 0.480 e. The molecular formula is C16H25NO3. The van der Waals surface area contributed by atoms with Gasteiger partial charge in [0.2, 0.25) is 0 Å². The van der Waals surface area contributed by atoms with Crippen LogP contribution in [0.25, 0.3) is 0 Å². The summed E-state index contributed by atoms with van der Waals surface area (Å²) in [5.74, 6) is 0.621. The van der Waals surface area contributed by atoms with Gasteiger partial charge in [-0.1, -0.05) is 32.0 Å². The number of nitrogens with one attached hydrogen (secondary N) is 1. The van der Waals surface area contributed by atoms with Crippen molar-refractivity contribution in [3.63, 3.8) is 0 Å². The third-order valence-corrected chi connectivity index (χ3v) is 3.54. The van der Waals surface area contributed by atoms with Crippen LogP contribution in [0.5, 0.6) is 5.75 Å². The first-order valence-electron chi connectivity index (χ1n) is 7.13. The number of para-hydroxylation sites is 1. The number of carbonyl (C=O) groups is 1. The topological polar surface area (TPSA) is 58.6 Å². The molecule has 0 fully saturated rings. The minimum Gasteiger partial charge on any atom is -0.480 e. The molecule has 0 aliphatic heterocycles. The van der Waals surface area contributed by atoms with E-state index in [0.717, 1.165) is 11.3 Å². The van der Waals surface area contributed by atoms with Crippen molar-refractivity contribution < 1.29 is 14.6 Å². The van der Waals surface area contributed by atoms with E-state index in [1.807, 2.05) is 52.0 Å². The summed E-state index contributed by atoms with van der Waals surface area (Å²) in [5, 5.41) is 12.0. The Morgan fingerprint density at radius 3 is 2.55 bits per heavy atom. The molecule has 112 valence electrons. The van der Waals surface area contributed by atoms with Crippen LogP contribution in [-0.4, -0.2) is 29.8 Å². The number of benzene rings is 1. The van der Waals surface area contributed by atoms with Gasteiger partial charge >= 0.3 is 0 Å². The summed E-state index contributed by atoms with van der Waals surface area (Å²) in [6, 6.07) is 7.57. The maximum absolute atomic E-state index is 12.2. The number of amides is 1. The smallest absolute Gasteiger partial charge is 0.261 e. The van der Waals surface area contributed by atoms with Crippen LogP contribution in [0.1, 0.15) is 32.8 Å². The Labute approximate surface area is 121 Å². The normalized spacial score (nSPS) is 15.2. The van der Waals surface area contributed by atoms with Crippen LogP contribution >= 0.6 is 0 Å². The fourth-order valence-corrected chi connectivity index (χ4v) is 1.78. The second-order valence-corrected chi connectivity index (χ2v) is 5.24. The Kier molecular flexibility index (Phi) is 6.52. The van der Waals surface area contributed by atoms with Crippen molar-refractivity contribution in [2.75, 3.05) is 6.61 Å². The number of aliphatic hydroxyl groups excluding tert-OH is 1. The summed E-state index contributed by atoms with van der Waals surface area (Å²) in [6.45, 7) is 7.71. The van der Waals surface area contributed by atoms with Crippen LogP contribution in [-0.2, 0) is 4.79 Å². The third kappa shape index (κ3) is 4.53. The number of rotatable bonds is 7. The molecule has 0 saturated heterocycles. The molecule has 4 nitrogen and oxygen atoms in total. The Balaban J connectivity index is 2.66. The highest BCUT2D eigenvalue weighted by atomic mass is 16.5. The fourth-order valence-electron chi connectivity index (χ4n) is 1.78. The van der Waals surface area contributed by atoms with Crippen LogP contribution in [0.3, 0.4) is 0 Å². The number of hydrogen-bond donors (Lipinski definition) is 2. The van der Waals surface area contributed by atoms with E-state index in [1.165, 1.54) is 0 Å². The van der Waals surface area contributed by atoms with Crippen molar-refractivity contribution in [2.45, 2.75) is 46.3 Å². The molecule has 4 heteroatoms. The lowest BCUT2D eigenvalue weighted by atomic mass is 10.0. The van der Waals surface area contributed by atoms with E-state index in [-0.39, 0.29) is 24.5 Å². The molecule has 2 N–H and O–H groups in total. The zero-order valence-corrected chi connectivity index (χ0v) is 12.7. The molecule has 0 aromatic heterocycles. The third-order valence-electron chi connectivity index (χ3n) is 3.54. The molecule has 1 aromatic carbocycles. The van der Waals surface area contributed by atoms with Crippen molar-refractivity contribution >= 4 is 5.91 Å². The van der Waals surface area contributed by atoms with Crippen LogP contribution in [0, 0.1) is 12.8 Å². The first-order valence-corrected chi connectivity index (χ1v) is 7.13. The summed E-state index contributed by atoms with van der Waals surface area (Å²) in [4.78, 5) is 12.2. The number of ether oxygens (including phenoxy) is 1. The molecule has 0 bridgehead atoms. The Bertz CT molecular complexity index is 433. The van der Waals surface area contributed by atoms with E-state index in [0.29, 0.717) is 6.42 Å². The van der Waals surface area contributed by atoms with Gasteiger partial charge in [0.1, 0.15) is 5.75 Å². The van der Waals surface area contributed by atoms with Gasteiger partial charge in [0.15, 0.2) is 6.10 Å². The zero-order chi connectivity index (χ0) is 15.1. The predicted octanol–water partition coefficient (Wildman–Crippen LogP) is 2.29. The quantitative estimate of drug-likeness (QED) is 0.805. The molecule has 0 spiro atoms. The number of aliphatic hydroxyl groups is 1. The van der Waals surface area contributed by atoms with Gasteiger partial charge in [-0.2, -0.15) is 0 Å². The number of aryl methyl sites for hydroxylation is 1. The molecule has 0 radical (unpaired) electrons. The average Bonchev–Trinajstić information content (AvgIpc) is 2.45. The zero-order valence-electron chi connectivity index (χ0n) is 12.7. The van der Waals surface area contributed by atoms with Crippen molar-refractivity contribution in [3.8, 4) is 5.75 Å². The van der Waals surface area contributed by atoms with Crippen LogP contribution in [0.4, 0.5) is 0 Å². The first kappa shape index (κ1) is 16.5. The lowest BCUT2D eigenvalue weighted by Gasteiger charge is -2.23. The van der Waals surface area contributed by atoms with E-state index in [4.69, 9.17) is 9.84 Å². The number of hydrogen-bond acceptors (Lipinski definition) is 3. The highest BCUT2D eigenvalue weighted by molar-refractivity contribution is 5.81. The summed E-state index contributed by atoms with van der Waals surface area (Å²) in [5.41, 5.74) is 1.01. The lowest BCUT2D eigenvalue weighted by Crippen LogP contribution is -2.45. The van der Waals surface area contributed by atoms with Gasteiger partial charge in [-0.15, -0.1) is 0 Å². The second kappa shape index (κ2) is 7.90. The molecule has 1 amide bonds. The van der Waals surface area contributed by atoms with E-state index in [1.54, 1.807) is 0 Å². The standard InChI is InChI=1S/C16H25NO3/c1-5-14(16(19)17-13(4)12(3)10-18)20-15-9-7-6-8-11(15)2/h6-9,12-14,18H,5,10H2,1-4H3,(H,17,19). The van der Waals surface area contributed by atoms with E-state index < -0.39 is 6.10 Å². The highest BCUT2D eigenvalue weighted by Crippen LogP contribution is 2.19. The van der Waals surface area contributed by atoms with Gasteiger partial charge < -0.3 is 15.2 Å². The van der Waals surface area contributed by atoms with Crippen molar-refractivity contribution in [1.82, 2.24) is 5.32 Å². The van der Waals surface area contributed by atoms with Gasteiger partial charge in [0.05, 0.1) is 0 Å². The van der Waals surface area contributed by atoms with E-state index >= 15 is 0 Å². The minimum absolute atomic E-state index is 0.0231. The van der Waals surface area contributed by atoms with Gasteiger partial charge in [-0.05, 0) is 37.8 Å². The molecule has 3 unspecified atom stereocenters. The molecular weight excluding hydrogens is 254 g/mol. The molecule has 1 aromatic rings. The molecule has 3 atom stereocenters. The second-order valence-electron chi connectivity index (χ2n) is 5.24. The van der Waals surface area contributed by atoms with E-state index in [9.17, 15) is 4.79 Å². The Morgan fingerprint density at radius 1 is 1.35 bits per heavy atom. The number of carbonyl (C=O) groups excluding carboxylic acids is 1. The molecule has 0 aliphatic carbocycles. The highest BCUT2D eigenvalue weighted by Gasteiger charge is 2.22. The SMILES string of the molecule is CCC(Oc1ccccc1C)C(=O)NC(C)C(C)CO. The van der Waals surface area contributed by atoms with Gasteiger partial charge in [-0.3, -0.25) is 4.79 Å². The van der Waals surface area contributed by atoms with Crippen LogP contribution in [0.15, 0.2) is 24.3 Å². The molecule has 0 heterocycles. The maximum Gasteiger partial charge on any atom is 0.261 e. The molecule has 0 saturated carbocycles. The van der Waals surface area contributed by atoms with Gasteiger partial charge in [0, 0.05) is 12.6 Å². The summed E-state index contributed by atoms with van der Waals surface area (Å²) < 4.78 is 5.80. The Hall–Kier alpha value is -1.55. The predicted molar refractivity (Wildman–Crippen MR) is 79.7 cm³/mol. The van der Waals surface area contributed by atoms with Crippen molar-refractivity contribution in [3.05, 3.63) is 29.8 Å². The van der Waals surface area contributed by atoms with Gasteiger partial charge in [-0.25, -0.2) is 0 Å². The Morgan fingerprint density at radius 2 is 2.00 bits per heavy atom. The van der Waals surface area contributed by atoms with Crippen LogP contribution < -0.4 is 10.1 Å². The van der Waals surface area contributed by atoms with Gasteiger partial charge in [0.25, 0.3) is 5.91 Å². The molecule has 0 aliphatic rings. The van der Waals surface area contributed by atoms with Crippen molar-refractivity contribution in [2.24, 2.45) is 5.92 Å². The first-order chi connectivity index (χ1) is 9.49. The van der Waals surface area contributed by atoms with Crippen LogP contribution in [0.2, 0.25) is 0 Å². The molecule has 20 heavy (non-hydrogen) atoms. The fraction of sp³-hybridized carbons (Fsp3) is 0.562. The lowest BCUT2D eigenvalue weighted by molar-refractivity contribution is -0.129. The van der Waals surface area contributed by atoms with E-state index in [2.05, 4.69) is 5.32 Å². The average molecular weight is 279 g/mol. The summed E-state index contributed by atoms with van der Waals surface area (Å²) in [7, 11) is 0. The summed E-state index contributed by atoms with van der Waals surface area (Å²) >= 11 is 0. The van der Waals surface area contributed by atoms with Crippen molar-refractivity contribution in [1.29, 1.82) is 0 Å².